The van der Waals surface area contributed by atoms with E-state index in [4.69, 9.17) is 5.73 Å². The molecule has 0 unspecified atom stereocenters. The molecule has 0 fully saturated rings. The maximum Gasteiger partial charge on any atom is 0.257 e. The van der Waals surface area contributed by atoms with Crippen molar-refractivity contribution in [1.82, 2.24) is 0 Å². The van der Waals surface area contributed by atoms with Gasteiger partial charge in [-0.1, -0.05) is 0 Å². The van der Waals surface area contributed by atoms with Crippen LogP contribution in [-0.4, -0.2) is 5.91 Å². The molecule has 2 rings (SSSR count). The van der Waals surface area contributed by atoms with Gasteiger partial charge in [-0.3, -0.25) is 4.79 Å². The Kier molecular flexibility index (Phi) is 4.47. The maximum absolute atomic E-state index is 12.1. The summed E-state index contributed by atoms with van der Waals surface area (Å²) in [7, 11) is 0. The van der Waals surface area contributed by atoms with E-state index in [0.717, 1.165) is 12.0 Å². The molecule has 3 nitrogen and oxygen atoms in total. The topological polar surface area (TPSA) is 55.1 Å². The van der Waals surface area contributed by atoms with Crippen LogP contribution in [-0.2, 0) is 0 Å². The molecule has 0 spiro atoms. The van der Waals surface area contributed by atoms with Gasteiger partial charge in [0.15, 0.2) is 0 Å². The van der Waals surface area contributed by atoms with Crippen molar-refractivity contribution in [2.75, 3.05) is 11.1 Å². The number of hydrogen-bond donors (Lipinski definition) is 2. The average Bonchev–Trinajstić information content (AvgIpc) is 2.62. The van der Waals surface area contributed by atoms with Gasteiger partial charge in [0.1, 0.15) is 0 Å². The molecular formula is C11H7Br3N2OS. The molecule has 94 valence electrons. The van der Waals surface area contributed by atoms with E-state index in [1.807, 2.05) is 0 Å². The number of carbonyl (C=O) groups is 1. The van der Waals surface area contributed by atoms with E-state index in [9.17, 15) is 4.79 Å². The van der Waals surface area contributed by atoms with Gasteiger partial charge in [0.2, 0.25) is 0 Å². The number of hydrogen-bond acceptors (Lipinski definition) is 3. The second kappa shape index (κ2) is 5.73. The van der Waals surface area contributed by atoms with Crippen LogP contribution in [0.15, 0.2) is 36.3 Å². The fourth-order valence-corrected chi connectivity index (χ4v) is 4.61. The third-order valence-electron chi connectivity index (χ3n) is 2.14. The van der Waals surface area contributed by atoms with Crippen LogP contribution < -0.4 is 11.1 Å². The van der Waals surface area contributed by atoms with E-state index in [1.165, 1.54) is 11.3 Å². The quantitative estimate of drug-likeness (QED) is 0.636. The normalized spacial score (nSPS) is 10.4. The molecule has 0 saturated heterocycles. The van der Waals surface area contributed by atoms with E-state index in [-0.39, 0.29) is 5.91 Å². The van der Waals surface area contributed by atoms with Crippen LogP contribution >= 0.6 is 59.1 Å². The standard InChI is InChI=1S/C11H7Br3N2OS/c12-7-3-5(15)1-2-8(7)16-11(17)6-4-9(13)18-10(6)14/h1-4H,15H2,(H,16,17). The molecule has 1 amide bonds. The number of halogens is 3. The molecule has 1 aromatic carbocycles. The van der Waals surface area contributed by atoms with Gasteiger partial charge in [0.25, 0.3) is 5.91 Å². The summed E-state index contributed by atoms with van der Waals surface area (Å²) in [6.45, 7) is 0. The highest BCUT2D eigenvalue weighted by atomic mass is 79.9. The number of rotatable bonds is 2. The van der Waals surface area contributed by atoms with E-state index >= 15 is 0 Å². The van der Waals surface area contributed by atoms with Gasteiger partial charge in [0.05, 0.1) is 18.8 Å². The highest BCUT2D eigenvalue weighted by molar-refractivity contribution is 9.12. The molecule has 0 aliphatic heterocycles. The van der Waals surface area contributed by atoms with Gasteiger partial charge in [0, 0.05) is 10.2 Å². The fourth-order valence-electron chi connectivity index (χ4n) is 1.32. The number of thiophene rings is 1. The van der Waals surface area contributed by atoms with E-state index in [0.29, 0.717) is 16.9 Å². The average molecular weight is 455 g/mol. The summed E-state index contributed by atoms with van der Waals surface area (Å²) in [5.41, 5.74) is 7.56. The van der Waals surface area contributed by atoms with Crippen molar-refractivity contribution in [2.24, 2.45) is 0 Å². The molecule has 0 saturated carbocycles. The van der Waals surface area contributed by atoms with Gasteiger partial charge in [-0.2, -0.15) is 0 Å². The summed E-state index contributed by atoms with van der Waals surface area (Å²) < 4.78 is 2.44. The predicted molar refractivity (Wildman–Crippen MR) is 86.2 cm³/mol. The summed E-state index contributed by atoms with van der Waals surface area (Å²) >= 11 is 11.5. The first-order valence-electron chi connectivity index (χ1n) is 4.78. The molecule has 3 N–H and O–H groups in total. The zero-order chi connectivity index (χ0) is 13.3. The Morgan fingerprint density at radius 3 is 2.50 bits per heavy atom. The summed E-state index contributed by atoms with van der Waals surface area (Å²) in [6, 6.07) is 7.01. The largest absolute Gasteiger partial charge is 0.399 e. The van der Waals surface area contributed by atoms with Crippen molar-refractivity contribution >= 4 is 76.4 Å². The van der Waals surface area contributed by atoms with Crippen LogP contribution in [0.25, 0.3) is 0 Å². The fraction of sp³-hybridized carbons (Fsp3) is 0. The molecule has 2 aromatic rings. The number of nitrogens with two attached hydrogens (primary N) is 1. The first-order valence-corrected chi connectivity index (χ1v) is 7.98. The monoisotopic (exact) mass is 452 g/mol. The Bertz CT molecular complexity index is 612. The van der Waals surface area contributed by atoms with Crippen LogP contribution in [0.2, 0.25) is 0 Å². The van der Waals surface area contributed by atoms with Crippen molar-refractivity contribution in [3.8, 4) is 0 Å². The Morgan fingerprint density at radius 1 is 1.22 bits per heavy atom. The predicted octanol–water partition coefficient (Wildman–Crippen LogP) is 4.87. The molecular weight excluding hydrogens is 448 g/mol. The van der Waals surface area contributed by atoms with Crippen molar-refractivity contribution < 1.29 is 4.79 Å². The number of nitrogens with one attached hydrogen (secondary N) is 1. The Balaban J connectivity index is 2.24. The van der Waals surface area contributed by atoms with Crippen LogP contribution in [0.3, 0.4) is 0 Å². The lowest BCUT2D eigenvalue weighted by atomic mass is 10.2. The van der Waals surface area contributed by atoms with E-state index in [2.05, 4.69) is 53.1 Å². The van der Waals surface area contributed by atoms with Gasteiger partial charge in [-0.15, -0.1) is 11.3 Å². The van der Waals surface area contributed by atoms with Gasteiger partial charge < -0.3 is 11.1 Å². The molecule has 1 heterocycles. The van der Waals surface area contributed by atoms with Gasteiger partial charge in [-0.25, -0.2) is 0 Å². The molecule has 0 radical (unpaired) electrons. The van der Waals surface area contributed by atoms with Crippen LogP contribution in [0, 0.1) is 0 Å². The first kappa shape index (κ1) is 14.0. The first-order chi connectivity index (χ1) is 8.47. The molecule has 18 heavy (non-hydrogen) atoms. The zero-order valence-electron chi connectivity index (χ0n) is 8.84. The highest BCUT2D eigenvalue weighted by Crippen LogP contribution is 2.33. The van der Waals surface area contributed by atoms with Crippen molar-refractivity contribution in [3.63, 3.8) is 0 Å². The Hall–Kier alpha value is -0.370. The lowest BCUT2D eigenvalue weighted by molar-refractivity contribution is 0.102. The number of anilines is 2. The van der Waals surface area contributed by atoms with Crippen LogP contribution in [0.5, 0.6) is 0 Å². The second-order valence-corrected chi connectivity index (χ2v) is 8.03. The van der Waals surface area contributed by atoms with Crippen LogP contribution in [0.1, 0.15) is 10.4 Å². The summed E-state index contributed by atoms with van der Waals surface area (Å²) in [5.74, 6) is -0.172. The van der Waals surface area contributed by atoms with Gasteiger partial charge in [-0.05, 0) is 72.1 Å². The SMILES string of the molecule is Nc1ccc(NC(=O)c2cc(Br)sc2Br)c(Br)c1. The summed E-state index contributed by atoms with van der Waals surface area (Å²) in [4.78, 5) is 12.1. The molecule has 0 aliphatic carbocycles. The van der Waals surface area contributed by atoms with Gasteiger partial charge >= 0.3 is 0 Å². The van der Waals surface area contributed by atoms with Crippen LogP contribution in [0.4, 0.5) is 11.4 Å². The molecule has 7 heteroatoms. The molecule has 1 aromatic heterocycles. The van der Waals surface area contributed by atoms with Crippen molar-refractivity contribution in [2.45, 2.75) is 0 Å². The number of nitrogen functional groups attached to an aromatic ring is 1. The zero-order valence-corrected chi connectivity index (χ0v) is 14.4. The van der Waals surface area contributed by atoms with E-state index < -0.39 is 0 Å². The minimum absolute atomic E-state index is 0.172. The molecule has 0 atom stereocenters. The third kappa shape index (κ3) is 3.14. The minimum atomic E-state index is -0.172. The Labute approximate surface area is 133 Å². The summed E-state index contributed by atoms with van der Waals surface area (Å²) in [6.07, 6.45) is 0. The van der Waals surface area contributed by atoms with E-state index in [1.54, 1.807) is 24.3 Å². The number of carbonyl (C=O) groups excluding carboxylic acids is 1. The maximum atomic E-state index is 12.1. The lowest BCUT2D eigenvalue weighted by Gasteiger charge is -2.07. The molecule has 0 bridgehead atoms. The second-order valence-electron chi connectivity index (χ2n) is 3.43. The summed E-state index contributed by atoms with van der Waals surface area (Å²) in [5, 5.41) is 2.82. The van der Waals surface area contributed by atoms with Crippen molar-refractivity contribution in [3.05, 3.63) is 41.9 Å². The Morgan fingerprint density at radius 2 is 1.94 bits per heavy atom. The minimum Gasteiger partial charge on any atom is -0.399 e. The third-order valence-corrected chi connectivity index (χ3v) is 5.14. The van der Waals surface area contributed by atoms with Crippen molar-refractivity contribution in [1.29, 1.82) is 0 Å². The highest BCUT2D eigenvalue weighted by Gasteiger charge is 2.14. The molecule has 0 aliphatic rings. The number of benzene rings is 1. The smallest absolute Gasteiger partial charge is 0.257 e. The lowest BCUT2D eigenvalue weighted by Crippen LogP contribution is -2.11. The number of amides is 1.